The summed E-state index contributed by atoms with van der Waals surface area (Å²) in [5.74, 6) is -0.326. The maximum Gasteiger partial charge on any atom is 0.659 e. The van der Waals surface area contributed by atoms with E-state index in [0.29, 0.717) is 33.0 Å². The number of amides is 2. The zero-order chi connectivity index (χ0) is 22.9. The predicted molar refractivity (Wildman–Crippen MR) is 131 cm³/mol. The van der Waals surface area contributed by atoms with E-state index >= 15 is 0 Å². The largest absolute Gasteiger partial charge is 0.659 e. The summed E-state index contributed by atoms with van der Waals surface area (Å²) < 4.78 is 11.0. The minimum atomic E-state index is -0.163. The molecule has 2 amide bonds. The number of thiophene rings is 2. The Morgan fingerprint density at radius 2 is 1.06 bits per heavy atom. The fourth-order valence-corrected chi connectivity index (χ4v) is 4.34. The molecular formula is C24H20BN2O4S2. The molecule has 0 unspecified atom stereocenters. The van der Waals surface area contributed by atoms with Gasteiger partial charge in [0.1, 0.15) is 0 Å². The number of nitrogens with one attached hydrogen (secondary N) is 2. The van der Waals surface area contributed by atoms with Crippen LogP contribution in [0, 0.1) is 0 Å². The second-order valence-corrected chi connectivity index (χ2v) is 9.00. The summed E-state index contributed by atoms with van der Waals surface area (Å²) in [6, 6.07) is 26.2. The van der Waals surface area contributed by atoms with Crippen LogP contribution in [0.3, 0.4) is 0 Å². The lowest BCUT2D eigenvalue weighted by Crippen LogP contribution is -2.21. The molecule has 2 aromatic heterocycles. The van der Waals surface area contributed by atoms with Crippen molar-refractivity contribution in [3.8, 4) is 10.1 Å². The lowest BCUT2D eigenvalue weighted by Gasteiger charge is -2.04. The van der Waals surface area contributed by atoms with Gasteiger partial charge in [-0.2, -0.15) is 0 Å². The van der Waals surface area contributed by atoms with Crippen LogP contribution in [0.25, 0.3) is 0 Å². The summed E-state index contributed by atoms with van der Waals surface area (Å²) >= 11 is 2.44. The molecule has 0 spiro atoms. The molecule has 0 atom stereocenters. The van der Waals surface area contributed by atoms with Gasteiger partial charge in [-0.05, 0) is 35.4 Å². The molecule has 4 rings (SSSR count). The van der Waals surface area contributed by atoms with Crippen molar-refractivity contribution in [2.45, 2.75) is 13.1 Å². The molecule has 0 aliphatic carbocycles. The molecule has 9 heteroatoms. The molecule has 165 valence electrons. The van der Waals surface area contributed by atoms with Gasteiger partial charge in [-0.3, -0.25) is 9.59 Å². The Hall–Kier alpha value is -3.56. The van der Waals surface area contributed by atoms with E-state index in [-0.39, 0.29) is 11.8 Å². The van der Waals surface area contributed by atoms with Crippen LogP contribution < -0.4 is 19.9 Å². The Bertz CT molecular complexity index is 1100. The van der Waals surface area contributed by atoms with Crippen molar-refractivity contribution in [1.29, 1.82) is 0 Å². The van der Waals surface area contributed by atoms with Gasteiger partial charge in [-0.1, -0.05) is 83.3 Å². The van der Waals surface area contributed by atoms with Gasteiger partial charge in [-0.25, -0.2) is 0 Å². The first-order chi connectivity index (χ1) is 16.2. The van der Waals surface area contributed by atoms with Gasteiger partial charge in [0.05, 0.1) is 9.75 Å². The normalized spacial score (nSPS) is 10.3. The summed E-state index contributed by atoms with van der Waals surface area (Å²) in [6.45, 7) is 0.922. The molecule has 0 saturated carbocycles. The third-order valence-electron chi connectivity index (χ3n) is 4.53. The van der Waals surface area contributed by atoms with Crippen LogP contribution in [-0.4, -0.2) is 19.5 Å². The molecule has 0 saturated heterocycles. The molecule has 1 radical (unpaired) electrons. The molecule has 0 bridgehead atoms. The number of hydrogen-bond acceptors (Lipinski definition) is 6. The molecule has 6 nitrogen and oxygen atoms in total. The van der Waals surface area contributed by atoms with Crippen molar-refractivity contribution in [3.05, 3.63) is 106 Å². The zero-order valence-electron chi connectivity index (χ0n) is 17.5. The smallest absolute Gasteiger partial charge is 0.519 e. The number of benzene rings is 2. The monoisotopic (exact) mass is 475 g/mol. The second-order valence-electron chi connectivity index (χ2n) is 6.91. The van der Waals surface area contributed by atoms with E-state index in [0.717, 1.165) is 11.1 Å². The summed E-state index contributed by atoms with van der Waals surface area (Å²) in [7, 11) is 1.19. The zero-order valence-corrected chi connectivity index (χ0v) is 19.2. The van der Waals surface area contributed by atoms with Crippen molar-refractivity contribution < 1.29 is 18.9 Å². The molecule has 0 aliphatic heterocycles. The van der Waals surface area contributed by atoms with E-state index in [1.54, 1.807) is 24.3 Å². The molecule has 4 aromatic rings. The topological polar surface area (TPSA) is 76.7 Å². The van der Waals surface area contributed by atoms with Crippen LogP contribution >= 0.6 is 22.7 Å². The quantitative estimate of drug-likeness (QED) is 0.327. The van der Waals surface area contributed by atoms with Crippen LogP contribution in [0.5, 0.6) is 10.1 Å². The molecule has 0 aliphatic rings. The summed E-state index contributed by atoms with van der Waals surface area (Å²) in [6.07, 6.45) is 0. The predicted octanol–water partition coefficient (Wildman–Crippen LogP) is 4.66. The van der Waals surface area contributed by atoms with E-state index in [1.807, 2.05) is 60.7 Å². The second kappa shape index (κ2) is 11.4. The summed E-state index contributed by atoms with van der Waals surface area (Å²) in [4.78, 5) is 25.7. The first-order valence-electron chi connectivity index (χ1n) is 10.2. The Labute approximate surface area is 200 Å². The lowest BCUT2D eigenvalue weighted by atomic mass is 10.2. The standard InChI is InChI=1S/C24H20BN2O4S2/c28-23(26-15-17-7-3-1-4-8-17)19-11-13-21(32-19)30-25-31-22-14-12-20(33-22)24(29)27-16-18-9-5-2-6-10-18/h1-14H,15-16H2,(H,26,28)(H,27,29). The average Bonchev–Trinajstić information content (AvgIpc) is 3.53. The van der Waals surface area contributed by atoms with Crippen molar-refractivity contribution in [3.63, 3.8) is 0 Å². The van der Waals surface area contributed by atoms with E-state index in [4.69, 9.17) is 9.31 Å². The maximum absolute atomic E-state index is 12.3. The fraction of sp³-hybridized carbons (Fsp3) is 0.0833. The molecule has 2 N–H and O–H groups in total. The van der Waals surface area contributed by atoms with Gasteiger partial charge in [0.15, 0.2) is 10.1 Å². The molecular weight excluding hydrogens is 455 g/mol. The number of rotatable bonds is 10. The highest BCUT2D eigenvalue weighted by atomic mass is 32.1. The first kappa shape index (κ1) is 22.6. The third kappa shape index (κ3) is 6.71. The van der Waals surface area contributed by atoms with Gasteiger partial charge in [0.25, 0.3) is 11.8 Å². The number of carbonyl (C=O) groups excluding carboxylic acids is 2. The van der Waals surface area contributed by atoms with Gasteiger partial charge in [0.2, 0.25) is 0 Å². The van der Waals surface area contributed by atoms with Crippen molar-refractivity contribution in [2.24, 2.45) is 0 Å². The Kier molecular flexibility index (Phi) is 7.79. The van der Waals surface area contributed by atoms with E-state index in [2.05, 4.69) is 10.6 Å². The SMILES string of the molecule is O=C(NCc1ccccc1)c1ccc(O[B]Oc2ccc(C(=O)NCc3ccccc3)s2)s1. The average molecular weight is 475 g/mol. The van der Waals surface area contributed by atoms with Gasteiger partial charge in [0, 0.05) is 13.1 Å². The molecule has 33 heavy (non-hydrogen) atoms. The van der Waals surface area contributed by atoms with Crippen LogP contribution in [0.4, 0.5) is 0 Å². The van der Waals surface area contributed by atoms with Crippen LogP contribution in [0.15, 0.2) is 84.9 Å². The van der Waals surface area contributed by atoms with Crippen molar-refractivity contribution >= 4 is 42.2 Å². The van der Waals surface area contributed by atoms with Crippen LogP contribution in [0.1, 0.15) is 30.5 Å². The van der Waals surface area contributed by atoms with Crippen molar-refractivity contribution in [1.82, 2.24) is 10.6 Å². The van der Waals surface area contributed by atoms with Gasteiger partial charge in [-0.15, -0.1) is 0 Å². The van der Waals surface area contributed by atoms with Crippen LogP contribution in [-0.2, 0) is 13.1 Å². The van der Waals surface area contributed by atoms with E-state index in [9.17, 15) is 9.59 Å². The Morgan fingerprint density at radius 1 is 0.636 bits per heavy atom. The lowest BCUT2D eigenvalue weighted by molar-refractivity contribution is 0.0947. The molecule has 2 aromatic carbocycles. The van der Waals surface area contributed by atoms with Gasteiger partial charge < -0.3 is 19.9 Å². The van der Waals surface area contributed by atoms with Gasteiger partial charge >= 0.3 is 7.69 Å². The summed E-state index contributed by atoms with van der Waals surface area (Å²) in [5.41, 5.74) is 2.06. The third-order valence-corrected chi connectivity index (χ3v) is 6.48. The van der Waals surface area contributed by atoms with Crippen molar-refractivity contribution in [2.75, 3.05) is 0 Å². The molecule has 2 heterocycles. The van der Waals surface area contributed by atoms with Crippen LogP contribution in [0.2, 0.25) is 0 Å². The Balaban J connectivity index is 1.20. The first-order valence-corrected chi connectivity index (χ1v) is 11.8. The number of hydrogen-bond donors (Lipinski definition) is 2. The fourth-order valence-electron chi connectivity index (χ4n) is 2.86. The maximum atomic E-state index is 12.3. The summed E-state index contributed by atoms with van der Waals surface area (Å²) in [5, 5.41) is 6.82. The highest BCUT2D eigenvalue weighted by Gasteiger charge is 2.13. The Morgan fingerprint density at radius 3 is 1.48 bits per heavy atom. The number of carbonyl (C=O) groups is 2. The minimum Gasteiger partial charge on any atom is -0.519 e. The molecule has 0 fully saturated rings. The minimum absolute atomic E-state index is 0.163. The highest BCUT2D eigenvalue weighted by molar-refractivity contribution is 7.16. The van der Waals surface area contributed by atoms with E-state index in [1.165, 1.54) is 30.4 Å². The highest BCUT2D eigenvalue weighted by Crippen LogP contribution is 2.26. The van der Waals surface area contributed by atoms with E-state index < -0.39 is 0 Å².